The minimum absolute atomic E-state index is 0.0000497. The molecule has 2 aliphatic rings. The highest BCUT2D eigenvalue weighted by molar-refractivity contribution is 7.80. The van der Waals surface area contributed by atoms with E-state index in [4.69, 9.17) is 17.0 Å². The fourth-order valence-corrected chi connectivity index (χ4v) is 4.83. The number of hydrogen-bond acceptors (Lipinski definition) is 4. The molecule has 0 aliphatic carbocycles. The predicted molar refractivity (Wildman–Crippen MR) is 113 cm³/mol. The second-order valence-electron chi connectivity index (χ2n) is 7.39. The van der Waals surface area contributed by atoms with Crippen LogP contribution in [0.25, 0.3) is 10.9 Å². The number of thiocarbonyl (C=S) groups is 1. The van der Waals surface area contributed by atoms with E-state index < -0.39 is 5.97 Å². The van der Waals surface area contributed by atoms with Gasteiger partial charge in [0.25, 0.3) is 5.91 Å². The number of nitrogens with zero attached hydrogens (tertiary/aromatic N) is 2. The van der Waals surface area contributed by atoms with Gasteiger partial charge in [-0.1, -0.05) is 30.3 Å². The lowest BCUT2D eigenvalue weighted by Gasteiger charge is -2.37. The van der Waals surface area contributed by atoms with Gasteiger partial charge in [-0.15, -0.1) is 0 Å². The molecule has 1 aromatic heterocycles. The number of aromatic nitrogens is 1. The van der Waals surface area contributed by atoms with Gasteiger partial charge in [-0.3, -0.25) is 9.69 Å². The van der Waals surface area contributed by atoms with Gasteiger partial charge in [0.05, 0.1) is 18.7 Å². The molecule has 29 heavy (non-hydrogen) atoms. The minimum Gasteiger partial charge on any atom is -0.465 e. The molecule has 2 aliphatic heterocycles. The number of likely N-dealkylation sites (N-methyl/N-ethyl adjacent to an activating group) is 1. The highest BCUT2D eigenvalue weighted by Crippen LogP contribution is 2.43. The summed E-state index contributed by atoms with van der Waals surface area (Å²) in [7, 11) is 3.09. The van der Waals surface area contributed by atoms with Crippen LogP contribution in [0.5, 0.6) is 0 Å². The number of aromatic amines is 1. The largest absolute Gasteiger partial charge is 0.465 e. The lowest BCUT2D eigenvalue weighted by atomic mass is 9.88. The lowest BCUT2D eigenvalue weighted by Crippen LogP contribution is -2.44. The quantitative estimate of drug-likeness (QED) is 0.524. The number of rotatable bonds is 2. The Hall–Kier alpha value is -3.19. The molecule has 0 saturated carbocycles. The Morgan fingerprint density at radius 3 is 2.79 bits per heavy atom. The topological polar surface area (TPSA) is 65.6 Å². The molecule has 0 spiro atoms. The maximum atomic E-state index is 12.9. The molecular weight excluding hydrogens is 386 g/mol. The summed E-state index contributed by atoms with van der Waals surface area (Å²) in [6, 6.07) is 14.8. The number of amides is 1. The molecular formula is C22H19N3O3S. The van der Waals surface area contributed by atoms with Crippen LogP contribution in [0.3, 0.4) is 0 Å². The third-order valence-electron chi connectivity index (χ3n) is 5.88. The number of benzene rings is 2. The minimum atomic E-state index is -0.395. The first-order valence-electron chi connectivity index (χ1n) is 9.39. The van der Waals surface area contributed by atoms with Gasteiger partial charge in [0.2, 0.25) is 0 Å². The van der Waals surface area contributed by atoms with Gasteiger partial charge < -0.3 is 14.6 Å². The van der Waals surface area contributed by atoms with Gasteiger partial charge in [-0.2, -0.15) is 0 Å². The number of hydrogen-bond donors (Lipinski definition) is 1. The first-order valence-corrected chi connectivity index (χ1v) is 9.79. The van der Waals surface area contributed by atoms with Gasteiger partial charge in [0, 0.05) is 30.1 Å². The number of esters is 1. The van der Waals surface area contributed by atoms with Crippen LogP contribution in [0.15, 0.2) is 48.5 Å². The first-order chi connectivity index (χ1) is 14.0. The summed E-state index contributed by atoms with van der Waals surface area (Å²) in [5.41, 5.74) is 4.52. The fourth-order valence-electron chi connectivity index (χ4n) is 4.51. The lowest BCUT2D eigenvalue weighted by molar-refractivity contribution is -0.127. The Morgan fingerprint density at radius 2 is 2.00 bits per heavy atom. The monoisotopic (exact) mass is 405 g/mol. The molecule has 7 heteroatoms. The van der Waals surface area contributed by atoms with Crippen molar-refractivity contribution in [2.75, 3.05) is 14.2 Å². The summed E-state index contributed by atoms with van der Waals surface area (Å²) in [6.07, 6.45) is 0.593. The van der Waals surface area contributed by atoms with Crippen molar-refractivity contribution in [2.24, 2.45) is 0 Å². The van der Waals surface area contributed by atoms with E-state index in [0.29, 0.717) is 17.1 Å². The molecule has 3 heterocycles. The maximum absolute atomic E-state index is 12.9. The molecule has 5 rings (SSSR count). The SMILES string of the molecule is COC(=O)c1cccc(C2c3[nH]c4ccccc4c3CC3C(=O)N(C)C(=S)N32)c1. The molecule has 1 amide bonds. The van der Waals surface area contributed by atoms with Gasteiger partial charge in [0.15, 0.2) is 5.11 Å². The van der Waals surface area contributed by atoms with Crippen molar-refractivity contribution in [3.63, 3.8) is 0 Å². The van der Waals surface area contributed by atoms with E-state index in [0.717, 1.165) is 27.7 Å². The Morgan fingerprint density at radius 1 is 1.21 bits per heavy atom. The molecule has 2 unspecified atom stereocenters. The van der Waals surface area contributed by atoms with Crippen molar-refractivity contribution in [1.82, 2.24) is 14.8 Å². The number of para-hydroxylation sites is 1. The summed E-state index contributed by atoms with van der Waals surface area (Å²) < 4.78 is 4.89. The average molecular weight is 405 g/mol. The van der Waals surface area contributed by atoms with Crippen molar-refractivity contribution in [1.29, 1.82) is 0 Å². The van der Waals surface area contributed by atoms with Crippen LogP contribution in [-0.4, -0.2) is 52.0 Å². The van der Waals surface area contributed by atoms with Crippen molar-refractivity contribution in [3.05, 3.63) is 70.9 Å². The normalized spacial score (nSPS) is 20.8. The summed E-state index contributed by atoms with van der Waals surface area (Å²) in [4.78, 5) is 32.1. The molecule has 3 aromatic rings. The third kappa shape index (κ3) is 2.50. The van der Waals surface area contributed by atoms with E-state index >= 15 is 0 Å². The number of methoxy groups -OCH3 is 1. The van der Waals surface area contributed by atoms with Crippen LogP contribution in [0.1, 0.15) is 33.2 Å². The van der Waals surface area contributed by atoms with Crippen LogP contribution in [0, 0.1) is 0 Å². The number of nitrogens with one attached hydrogen (secondary N) is 1. The molecule has 0 radical (unpaired) electrons. The fraction of sp³-hybridized carbons (Fsp3) is 0.227. The molecule has 1 fully saturated rings. The van der Waals surface area contributed by atoms with Crippen molar-refractivity contribution >= 4 is 40.1 Å². The van der Waals surface area contributed by atoms with E-state index in [2.05, 4.69) is 11.1 Å². The second-order valence-corrected chi connectivity index (χ2v) is 7.75. The van der Waals surface area contributed by atoms with Crippen LogP contribution >= 0.6 is 12.2 Å². The van der Waals surface area contributed by atoms with Crippen molar-refractivity contribution in [2.45, 2.75) is 18.5 Å². The van der Waals surface area contributed by atoms with Crippen LogP contribution < -0.4 is 0 Å². The number of H-pyrrole nitrogens is 1. The Labute approximate surface area is 173 Å². The third-order valence-corrected chi connectivity index (χ3v) is 6.36. The zero-order chi connectivity index (χ0) is 20.3. The summed E-state index contributed by atoms with van der Waals surface area (Å²) in [5, 5.41) is 1.61. The Kier molecular flexibility index (Phi) is 3.96. The van der Waals surface area contributed by atoms with Crippen molar-refractivity contribution in [3.8, 4) is 0 Å². The second kappa shape index (κ2) is 6.42. The molecule has 1 saturated heterocycles. The summed E-state index contributed by atoms with van der Waals surface area (Å²) >= 11 is 5.64. The Balaban J connectivity index is 1.75. The molecule has 0 bridgehead atoms. The first kappa shape index (κ1) is 17.9. The highest BCUT2D eigenvalue weighted by atomic mass is 32.1. The zero-order valence-corrected chi connectivity index (χ0v) is 16.8. The molecule has 6 nitrogen and oxygen atoms in total. The van der Waals surface area contributed by atoms with Crippen LogP contribution in [-0.2, 0) is 16.0 Å². The zero-order valence-electron chi connectivity index (χ0n) is 16.0. The summed E-state index contributed by atoms with van der Waals surface area (Å²) in [5.74, 6) is -0.395. The van der Waals surface area contributed by atoms with Crippen LogP contribution in [0.2, 0.25) is 0 Å². The number of fused-ring (bicyclic) bond motifs is 4. The molecule has 2 atom stereocenters. The number of carbonyl (C=O) groups is 2. The van der Waals surface area contributed by atoms with E-state index in [-0.39, 0.29) is 18.0 Å². The molecule has 146 valence electrons. The predicted octanol–water partition coefficient (Wildman–Crippen LogP) is 3.03. The maximum Gasteiger partial charge on any atom is 0.337 e. The smallest absolute Gasteiger partial charge is 0.337 e. The average Bonchev–Trinajstić information content (AvgIpc) is 3.23. The number of carbonyl (C=O) groups excluding carboxylic acids is 2. The van der Waals surface area contributed by atoms with Gasteiger partial charge >= 0.3 is 5.97 Å². The van der Waals surface area contributed by atoms with E-state index in [1.807, 2.05) is 41.3 Å². The van der Waals surface area contributed by atoms with E-state index in [1.165, 1.54) is 7.11 Å². The van der Waals surface area contributed by atoms with E-state index in [1.54, 1.807) is 18.0 Å². The van der Waals surface area contributed by atoms with E-state index in [9.17, 15) is 9.59 Å². The molecule has 2 aromatic carbocycles. The van der Waals surface area contributed by atoms with Gasteiger partial charge in [0.1, 0.15) is 6.04 Å². The molecule has 1 N–H and O–H groups in total. The highest BCUT2D eigenvalue weighted by Gasteiger charge is 2.49. The Bertz CT molecular complexity index is 1190. The van der Waals surface area contributed by atoms with Gasteiger partial charge in [-0.05, 0) is 41.5 Å². The van der Waals surface area contributed by atoms with Crippen LogP contribution in [0.4, 0.5) is 0 Å². The van der Waals surface area contributed by atoms with Gasteiger partial charge in [-0.25, -0.2) is 4.79 Å². The number of ether oxygens (including phenoxy) is 1. The van der Waals surface area contributed by atoms with Crippen molar-refractivity contribution < 1.29 is 14.3 Å². The summed E-state index contributed by atoms with van der Waals surface area (Å²) in [6.45, 7) is 0. The standard InChI is InChI=1S/C22H19N3O3S/c1-24-20(26)17-11-15-14-8-3-4-9-16(14)23-18(15)19(25(17)22(24)29)12-6-5-7-13(10-12)21(27)28-2/h3-10,17,19,23H,11H2,1-2H3.